The van der Waals surface area contributed by atoms with Gasteiger partial charge in [0.05, 0.1) is 11.1 Å². The molecule has 0 spiro atoms. The number of carbonyl (C=O) groups excluding carboxylic acids is 3. The van der Waals surface area contributed by atoms with Gasteiger partial charge in [-0.05, 0) is 57.1 Å². The molecule has 6 nitrogen and oxygen atoms in total. The smallest absolute Gasteiger partial charge is 0.410 e. The van der Waals surface area contributed by atoms with Crippen molar-refractivity contribution >= 4 is 17.9 Å². The van der Waals surface area contributed by atoms with Crippen molar-refractivity contribution in [2.24, 2.45) is 11.3 Å². The van der Waals surface area contributed by atoms with Crippen molar-refractivity contribution in [2.75, 3.05) is 13.1 Å². The SMILES string of the molecule is CC(C)(C)OC(=O)N1C[C@@H]2C[C@@H](N3C(=O)c4ccccc4C3=O)C[C@]2(C)C1. The van der Waals surface area contributed by atoms with Gasteiger partial charge in [0.25, 0.3) is 11.8 Å². The molecule has 1 saturated carbocycles. The molecule has 3 aliphatic rings. The second-order valence-electron chi connectivity index (χ2n) is 9.33. The molecule has 1 aromatic carbocycles. The van der Waals surface area contributed by atoms with Gasteiger partial charge in [0.15, 0.2) is 0 Å². The summed E-state index contributed by atoms with van der Waals surface area (Å²) in [5.41, 5.74) is 0.384. The van der Waals surface area contributed by atoms with Crippen LogP contribution in [0.25, 0.3) is 0 Å². The van der Waals surface area contributed by atoms with Gasteiger partial charge in [0.2, 0.25) is 0 Å². The zero-order valence-corrected chi connectivity index (χ0v) is 16.3. The third kappa shape index (κ3) is 2.91. The van der Waals surface area contributed by atoms with Crippen molar-refractivity contribution in [3.63, 3.8) is 0 Å². The predicted molar refractivity (Wildman–Crippen MR) is 99.4 cm³/mol. The number of benzene rings is 1. The second-order valence-corrected chi connectivity index (χ2v) is 9.33. The molecule has 4 rings (SSSR count). The van der Waals surface area contributed by atoms with E-state index in [0.717, 1.165) is 12.8 Å². The topological polar surface area (TPSA) is 66.9 Å². The Morgan fingerprint density at radius 2 is 1.74 bits per heavy atom. The molecule has 0 unspecified atom stereocenters. The van der Waals surface area contributed by atoms with Crippen LogP contribution in [-0.4, -0.2) is 52.4 Å². The van der Waals surface area contributed by atoms with Crippen LogP contribution < -0.4 is 0 Å². The van der Waals surface area contributed by atoms with Crippen molar-refractivity contribution in [1.82, 2.24) is 9.80 Å². The first-order valence-corrected chi connectivity index (χ1v) is 9.54. The van der Waals surface area contributed by atoms with Crippen LogP contribution in [0.2, 0.25) is 0 Å². The van der Waals surface area contributed by atoms with Gasteiger partial charge in [0.1, 0.15) is 5.60 Å². The van der Waals surface area contributed by atoms with Crippen LogP contribution in [0.3, 0.4) is 0 Å². The molecule has 0 aromatic heterocycles. The predicted octanol–water partition coefficient (Wildman–Crippen LogP) is 3.32. The first-order chi connectivity index (χ1) is 12.6. The van der Waals surface area contributed by atoms with Gasteiger partial charge in [0, 0.05) is 19.1 Å². The molecule has 2 aliphatic heterocycles. The van der Waals surface area contributed by atoms with E-state index in [-0.39, 0.29) is 35.3 Å². The fourth-order valence-corrected chi connectivity index (χ4v) is 4.86. The van der Waals surface area contributed by atoms with Gasteiger partial charge in [-0.25, -0.2) is 4.79 Å². The molecular formula is C21H26N2O4. The van der Waals surface area contributed by atoms with E-state index in [1.165, 1.54) is 4.90 Å². The fraction of sp³-hybridized carbons (Fsp3) is 0.571. The van der Waals surface area contributed by atoms with Crippen LogP contribution in [0.4, 0.5) is 4.79 Å². The minimum Gasteiger partial charge on any atom is -0.444 e. The molecule has 1 aliphatic carbocycles. The van der Waals surface area contributed by atoms with Gasteiger partial charge in [-0.3, -0.25) is 14.5 Å². The summed E-state index contributed by atoms with van der Waals surface area (Å²) >= 11 is 0. The molecule has 27 heavy (non-hydrogen) atoms. The highest BCUT2D eigenvalue weighted by atomic mass is 16.6. The quantitative estimate of drug-likeness (QED) is 0.711. The maximum atomic E-state index is 12.8. The fourth-order valence-electron chi connectivity index (χ4n) is 4.86. The maximum Gasteiger partial charge on any atom is 0.410 e. The number of fused-ring (bicyclic) bond motifs is 2. The lowest BCUT2D eigenvalue weighted by Crippen LogP contribution is -2.41. The third-order valence-electron chi connectivity index (χ3n) is 6.08. The molecule has 0 bridgehead atoms. The maximum absolute atomic E-state index is 12.8. The van der Waals surface area contributed by atoms with E-state index in [1.54, 1.807) is 29.2 Å². The minimum atomic E-state index is -0.515. The first kappa shape index (κ1) is 18.0. The largest absolute Gasteiger partial charge is 0.444 e. The molecule has 6 heteroatoms. The van der Waals surface area contributed by atoms with Gasteiger partial charge in [-0.2, -0.15) is 0 Å². The number of nitrogens with zero attached hydrogens (tertiary/aromatic N) is 2. The standard InChI is InChI=1S/C21H26N2O4/c1-20(2,3)27-19(26)22-11-13-9-14(10-21(13,4)12-22)23-17(24)15-7-5-6-8-16(15)18(23)25/h5-8,13-14H,9-12H2,1-4H3/t13-,14+,21+/m0/s1. The highest BCUT2D eigenvalue weighted by Crippen LogP contribution is 2.51. The van der Waals surface area contributed by atoms with Crippen LogP contribution in [0.15, 0.2) is 24.3 Å². The van der Waals surface area contributed by atoms with Crippen molar-refractivity contribution in [3.05, 3.63) is 35.4 Å². The van der Waals surface area contributed by atoms with Gasteiger partial charge in [-0.15, -0.1) is 0 Å². The molecule has 3 amide bonds. The summed E-state index contributed by atoms with van der Waals surface area (Å²) in [4.78, 5) is 41.2. The summed E-state index contributed by atoms with van der Waals surface area (Å²) in [6.45, 7) is 8.96. The van der Waals surface area contributed by atoms with E-state index in [2.05, 4.69) is 6.92 Å². The van der Waals surface area contributed by atoms with Crippen LogP contribution in [-0.2, 0) is 4.74 Å². The van der Waals surface area contributed by atoms with E-state index in [4.69, 9.17) is 4.74 Å². The summed E-state index contributed by atoms with van der Waals surface area (Å²) in [6, 6.07) is 6.91. The summed E-state index contributed by atoms with van der Waals surface area (Å²) in [6.07, 6.45) is 1.18. The van der Waals surface area contributed by atoms with Crippen molar-refractivity contribution in [1.29, 1.82) is 0 Å². The molecule has 0 N–H and O–H groups in total. The normalized spacial score (nSPS) is 29.9. The van der Waals surface area contributed by atoms with E-state index in [1.807, 2.05) is 20.8 Å². The zero-order chi connectivity index (χ0) is 19.6. The lowest BCUT2D eigenvalue weighted by Gasteiger charge is -2.29. The number of carbonyl (C=O) groups is 3. The highest BCUT2D eigenvalue weighted by Gasteiger charge is 2.55. The van der Waals surface area contributed by atoms with Crippen molar-refractivity contribution < 1.29 is 19.1 Å². The minimum absolute atomic E-state index is 0.100. The summed E-state index contributed by atoms with van der Waals surface area (Å²) < 4.78 is 5.50. The lowest BCUT2D eigenvalue weighted by atomic mass is 9.83. The average Bonchev–Trinajstić information content (AvgIpc) is 3.13. The van der Waals surface area contributed by atoms with Crippen LogP contribution >= 0.6 is 0 Å². The number of ether oxygens (including phenoxy) is 1. The Hall–Kier alpha value is -2.37. The monoisotopic (exact) mass is 370 g/mol. The van der Waals surface area contributed by atoms with Gasteiger partial charge in [-0.1, -0.05) is 19.1 Å². The van der Waals surface area contributed by atoms with E-state index < -0.39 is 5.60 Å². The van der Waals surface area contributed by atoms with Crippen LogP contribution in [0.5, 0.6) is 0 Å². The highest BCUT2D eigenvalue weighted by molar-refractivity contribution is 6.21. The number of imide groups is 1. The number of rotatable bonds is 1. The summed E-state index contributed by atoms with van der Waals surface area (Å²) in [5.74, 6) is -0.110. The molecular weight excluding hydrogens is 344 g/mol. The number of hydrogen-bond donors (Lipinski definition) is 0. The second kappa shape index (κ2) is 5.81. The molecule has 1 aromatic rings. The molecule has 2 fully saturated rings. The Balaban J connectivity index is 1.48. The van der Waals surface area contributed by atoms with E-state index in [0.29, 0.717) is 24.2 Å². The average molecular weight is 370 g/mol. The van der Waals surface area contributed by atoms with Gasteiger partial charge < -0.3 is 9.64 Å². The Morgan fingerprint density at radius 1 is 1.15 bits per heavy atom. The van der Waals surface area contributed by atoms with Gasteiger partial charge >= 0.3 is 6.09 Å². The lowest BCUT2D eigenvalue weighted by molar-refractivity contribution is 0.0257. The van der Waals surface area contributed by atoms with E-state index in [9.17, 15) is 14.4 Å². The summed E-state index contributed by atoms with van der Waals surface area (Å²) in [7, 11) is 0. The van der Waals surface area contributed by atoms with Crippen molar-refractivity contribution in [2.45, 2.75) is 52.2 Å². The van der Waals surface area contributed by atoms with Crippen molar-refractivity contribution in [3.8, 4) is 0 Å². The first-order valence-electron chi connectivity index (χ1n) is 9.54. The Morgan fingerprint density at radius 3 is 2.26 bits per heavy atom. The summed E-state index contributed by atoms with van der Waals surface area (Å²) in [5, 5.41) is 0. The molecule has 3 atom stereocenters. The third-order valence-corrected chi connectivity index (χ3v) is 6.08. The molecule has 0 radical (unpaired) electrons. The van der Waals surface area contributed by atoms with Crippen LogP contribution in [0, 0.1) is 11.3 Å². The molecule has 1 saturated heterocycles. The van der Waals surface area contributed by atoms with Crippen LogP contribution in [0.1, 0.15) is 61.3 Å². The van der Waals surface area contributed by atoms with E-state index >= 15 is 0 Å². The number of likely N-dealkylation sites (tertiary alicyclic amines) is 1. The molecule has 144 valence electrons. The Labute approximate surface area is 159 Å². The number of hydrogen-bond acceptors (Lipinski definition) is 4. The zero-order valence-electron chi connectivity index (χ0n) is 16.3. The Bertz CT molecular complexity index is 793. The number of amides is 3. The molecule has 2 heterocycles. The Kier molecular flexibility index (Phi) is 3.88.